The Bertz CT molecular complexity index is 1090. The van der Waals surface area contributed by atoms with E-state index >= 15 is 0 Å². The molecule has 2 amide bonds. The lowest BCUT2D eigenvalue weighted by molar-refractivity contribution is -0.139. The summed E-state index contributed by atoms with van der Waals surface area (Å²) in [6.45, 7) is 15.6. The number of carbonyl (C=O) groups excluding carboxylic acids is 2. The minimum absolute atomic E-state index is 0.0385. The summed E-state index contributed by atoms with van der Waals surface area (Å²) < 4.78 is 19.0. The lowest BCUT2D eigenvalue weighted by Gasteiger charge is -2.40. The first-order valence-electron chi connectivity index (χ1n) is 13.6. The van der Waals surface area contributed by atoms with E-state index in [-0.39, 0.29) is 35.9 Å². The molecular formula is C29H40FN5O3. The van der Waals surface area contributed by atoms with Crippen LogP contribution in [0.2, 0.25) is 0 Å². The van der Waals surface area contributed by atoms with E-state index in [0.717, 1.165) is 18.4 Å². The molecule has 3 aliphatic heterocycles. The zero-order valence-electron chi connectivity index (χ0n) is 23.1. The van der Waals surface area contributed by atoms with Crippen molar-refractivity contribution in [2.24, 2.45) is 5.92 Å². The summed E-state index contributed by atoms with van der Waals surface area (Å²) in [7, 11) is 0. The van der Waals surface area contributed by atoms with Crippen LogP contribution in [0, 0.1) is 23.1 Å². The van der Waals surface area contributed by atoms with Gasteiger partial charge in [0.15, 0.2) is 0 Å². The van der Waals surface area contributed by atoms with E-state index in [0.29, 0.717) is 37.7 Å². The molecule has 38 heavy (non-hydrogen) atoms. The Balaban J connectivity index is 1.50. The summed E-state index contributed by atoms with van der Waals surface area (Å²) in [6, 6.07) is 7.59. The smallest absolute Gasteiger partial charge is 0.408 e. The second kappa shape index (κ2) is 10.9. The van der Waals surface area contributed by atoms with Gasteiger partial charge >= 0.3 is 6.09 Å². The van der Waals surface area contributed by atoms with Crippen molar-refractivity contribution in [3.8, 4) is 6.07 Å². The van der Waals surface area contributed by atoms with Gasteiger partial charge in [-0.25, -0.2) is 9.18 Å². The molecule has 6 atom stereocenters. The second-order valence-electron chi connectivity index (χ2n) is 11.9. The van der Waals surface area contributed by atoms with Gasteiger partial charge in [-0.3, -0.25) is 9.69 Å². The van der Waals surface area contributed by atoms with E-state index in [2.05, 4.69) is 29.8 Å². The summed E-state index contributed by atoms with van der Waals surface area (Å²) in [5.74, 6) is 0.108. The van der Waals surface area contributed by atoms with Crippen LogP contribution in [0.15, 0.2) is 36.5 Å². The van der Waals surface area contributed by atoms with Gasteiger partial charge in [-0.15, -0.1) is 0 Å². The molecule has 8 nitrogen and oxygen atoms in total. The first-order chi connectivity index (χ1) is 17.9. The molecule has 3 saturated heterocycles. The standard InChI is InChI=1S/C29H40FN5O3/c1-7-25(20-8-10-21(30)11-9-20)35-23-13-26(27(35)36)33(16-23)17-24(32-28(37)38-29(4,5)6)19(3)34-15-18(2)12-22(34)14-31/h8-11,18,22-26H,3,7,12-13,15-17H2,1-2,4-6H3,(H,32,37)/t18?,22?,23-,24?,25-,26?/m0/s1. The molecule has 0 aromatic heterocycles. The van der Waals surface area contributed by atoms with Crippen LogP contribution >= 0.6 is 0 Å². The van der Waals surface area contributed by atoms with Crippen LogP contribution in [-0.4, -0.2) is 76.1 Å². The highest BCUT2D eigenvalue weighted by atomic mass is 19.1. The van der Waals surface area contributed by atoms with Gasteiger partial charge in [0.05, 0.1) is 24.2 Å². The molecule has 1 N–H and O–H groups in total. The largest absolute Gasteiger partial charge is 0.444 e. The lowest BCUT2D eigenvalue weighted by atomic mass is 10.0. The molecule has 0 radical (unpaired) electrons. The number of carbonyl (C=O) groups is 2. The first-order valence-corrected chi connectivity index (χ1v) is 13.6. The molecule has 206 valence electrons. The van der Waals surface area contributed by atoms with Crippen molar-refractivity contribution in [2.45, 2.75) is 89.7 Å². The molecule has 3 heterocycles. The van der Waals surface area contributed by atoms with Gasteiger partial charge in [0.25, 0.3) is 0 Å². The number of ether oxygens (including phenoxy) is 1. The maximum Gasteiger partial charge on any atom is 0.408 e. The third-order valence-electron chi connectivity index (χ3n) is 7.83. The van der Waals surface area contributed by atoms with Crippen LogP contribution in [-0.2, 0) is 9.53 Å². The van der Waals surface area contributed by atoms with Crippen LogP contribution in [0.1, 0.15) is 65.5 Å². The Morgan fingerprint density at radius 2 is 1.95 bits per heavy atom. The molecule has 9 heteroatoms. The zero-order chi connectivity index (χ0) is 27.8. The van der Waals surface area contributed by atoms with Crippen LogP contribution in [0.25, 0.3) is 0 Å². The number of piperazine rings is 1. The van der Waals surface area contributed by atoms with Gasteiger partial charge in [-0.1, -0.05) is 32.6 Å². The number of fused-ring (bicyclic) bond motifs is 2. The van der Waals surface area contributed by atoms with E-state index in [9.17, 15) is 19.2 Å². The maximum atomic E-state index is 13.6. The van der Waals surface area contributed by atoms with Crippen molar-refractivity contribution in [1.82, 2.24) is 20.0 Å². The van der Waals surface area contributed by atoms with Gasteiger partial charge in [0.2, 0.25) is 5.91 Å². The lowest BCUT2D eigenvalue weighted by Crippen LogP contribution is -2.56. The Hall–Kier alpha value is -3.12. The quantitative estimate of drug-likeness (QED) is 0.547. The molecule has 0 saturated carbocycles. The predicted molar refractivity (Wildman–Crippen MR) is 142 cm³/mol. The molecule has 3 fully saturated rings. The first kappa shape index (κ1) is 27.9. The number of rotatable bonds is 8. The monoisotopic (exact) mass is 525 g/mol. The number of hydrogen-bond donors (Lipinski definition) is 1. The highest BCUT2D eigenvalue weighted by Gasteiger charge is 2.52. The Kier molecular flexibility index (Phi) is 8.03. The van der Waals surface area contributed by atoms with Gasteiger partial charge in [-0.2, -0.15) is 5.26 Å². The highest BCUT2D eigenvalue weighted by Crippen LogP contribution is 2.40. The molecule has 1 aromatic rings. The number of nitrogens with zero attached hydrogens (tertiary/aromatic N) is 4. The van der Waals surface area contributed by atoms with Crippen LogP contribution < -0.4 is 5.32 Å². The number of nitrogens with one attached hydrogen (secondary N) is 1. The number of alkyl carbamates (subject to hydrolysis) is 1. The average Bonchev–Trinajstić information content (AvgIpc) is 3.51. The van der Waals surface area contributed by atoms with E-state index < -0.39 is 17.7 Å². The molecule has 2 bridgehead atoms. The number of hydrogen-bond acceptors (Lipinski definition) is 6. The van der Waals surface area contributed by atoms with E-state index in [1.807, 2.05) is 37.5 Å². The fraction of sp³-hybridized carbons (Fsp3) is 0.621. The number of amides is 2. The zero-order valence-corrected chi connectivity index (χ0v) is 23.1. The summed E-state index contributed by atoms with van der Waals surface area (Å²) in [5.41, 5.74) is 0.938. The van der Waals surface area contributed by atoms with Gasteiger partial charge in [0.1, 0.15) is 17.5 Å². The summed E-state index contributed by atoms with van der Waals surface area (Å²) in [6.07, 6.45) is 1.65. The topological polar surface area (TPSA) is 88.9 Å². The SMILES string of the molecule is C=C(C(CN1C[C@@H]2CC1C(=O)N2[C@@H](CC)c1ccc(F)cc1)NC(=O)OC(C)(C)C)N1CC(C)CC1C#N. The van der Waals surface area contributed by atoms with Crippen LogP contribution in [0.4, 0.5) is 9.18 Å². The molecule has 0 spiro atoms. The predicted octanol–water partition coefficient (Wildman–Crippen LogP) is 4.20. The minimum atomic E-state index is -0.661. The van der Waals surface area contributed by atoms with E-state index in [4.69, 9.17) is 4.74 Å². The molecule has 4 rings (SSSR count). The molecule has 3 aliphatic rings. The molecule has 1 aromatic carbocycles. The number of likely N-dealkylation sites (tertiary alicyclic amines) is 3. The number of nitriles is 1. The van der Waals surface area contributed by atoms with Gasteiger partial charge in [-0.05, 0) is 63.6 Å². The van der Waals surface area contributed by atoms with Crippen molar-refractivity contribution < 1.29 is 18.7 Å². The van der Waals surface area contributed by atoms with E-state index in [1.165, 1.54) is 12.1 Å². The minimum Gasteiger partial charge on any atom is -0.444 e. The van der Waals surface area contributed by atoms with Gasteiger partial charge in [0, 0.05) is 31.4 Å². The Morgan fingerprint density at radius 3 is 2.53 bits per heavy atom. The molecule has 0 aliphatic carbocycles. The highest BCUT2D eigenvalue weighted by molar-refractivity contribution is 5.86. The fourth-order valence-electron chi connectivity index (χ4n) is 6.18. The van der Waals surface area contributed by atoms with E-state index in [1.54, 1.807) is 12.1 Å². The van der Waals surface area contributed by atoms with Crippen molar-refractivity contribution in [1.29, 1.82) is 5.26 Å². The number of halogens is 1. The molecular weight excluding hydrogens is 485 g/mol. The van der Waals surface area contributed by atoms with Crippen LogP contribution in [0.3, 0.4) is 0 Å². The summed E-state index contributed by atoms with van der Waals surface area (Å²) in [5, 5.41) is 12.7. The second-order valence-corrected chi connectivity index (χ2v) is 11.9. The third kappa shape index (κ3) is 5.80. The maximum absolute atomic E-state index is 13.6. The Labute approximate surface area is 225 Å². The van der Waals surface area contributed by atoms with Crippen molar-refractivity contribution >= 4 is 12.0 Å². The summed E-state index contributed by atoms with van der Waals surface area (Å²) in [4.78, 5) is 32.5. The third-order valence-corrected chi connectivity index (χ3v) is 7.83. The van der Waals surface area contributed by atoms with Crippen molar-refractivity contribution in [2.75, 3.05) is 19.6 Å². The average molecular weight is 526 g/mol. The van der Waals surface area contributed by atoms with Crippen molar-refractivity contribution in [3.63, 3.8) is 0 Å². The molecule has 4 unspecified atom stereocenters. The summed E-state index contributed by atoms with van der Waals surface area (Å²) >= 11 is 0. The van der Waals surface area contributed by atoms with Crippen molar-refractivity contribution in [3.05, 3.63) is 47.9 Å². The van der Waals surface area contributed by atoms with Gasteiger partial charge < -0.3 is 19.9 Å². The normalized spacial score (nSPS) is 26.8. The fourth-order valence-corrected chi connectivity index (χ4v) is 6.18. The number of benzene rings is 1. The Morgan fingerprint density at radius 1 is 1.26 bits per heavy atom. The van der Waals surface area contributed by atoms with Crippen LogP contribution in [0.5, 0.6) is 0 Å².